The van der Waals surface area contributed by atoms with Crippen LogP contribution in [0.5, 0.6) is 0 Å². The Balaban J connectivity index is 2.69. The van der Waals surface area contributed by atoms with Gasteiger partial charge < -0.3 is 5.73 Å². The molecular formula is C16H34N2O2S. The molecule has 0 saturated heterocycles. The van der Waals surface area contributed by atoms with Crippen molar-refractivity contribution >= 4 is 9.84 Å². The van der Waals surface area contributed by atoms with Crippen molar-refractivity contribution in [3.05, 3.63) is 0 Å². The summed E-state index contributed by atoms with van der Waals surface area (Å²) < 4.78 is 23.3. The van der Waals surface area contributed by atoms with Crippen molar-refractivity contribution in [2.75, 3.05) is 31.1 Å². The summed E-state index contributed by atoms with van der Waals surface area (Å²) in [6.07, 6.45) is 6.68. The quantitative estimate of drug-likeness (QED) is 0.709. The molecule has 1 rings (SSSR count). The molecule has 0 aromatic heterocycles. The minimum atomic E-state index is -2.86. The summed E-state index contributed by atoms with van der Waals surface area (Å²) in [6, 6.07) is 0. The largest absolute Gasteiger partial charge is 0.329 e. The molecule has 0 aromatic rings. The molecule has 1 saturated carbocycles. The molecule has 2 N–H and O–H groups in total. The van der Waals surface area contributed by atoms with Crippen molar-refractivity contribution in [1.82, 2.24) is 4.90 Å². The highest BCUT2D eigenvalue weighted by atomic mass is 32.2. The van der Waals surface area contributed by atoms with Crippen molar-refractivity contribution in [1.29, 1.82) is 0 Å². The number of rotatable bonds is 9. The van der Waals surface area contributed by atoms with Crippen molar-refractivity contribution in [3.8, 4) is 0 Å². The van der Waals surface area contributed by atoms with E-state index in [1.807, 2.05) is 0 Å². The first-order valence-corrected chi connectivity index (χ1v) is 10.4. The molecular weight excluding hydrogens is 284 g/mol. The molecule has 0 amide bonds. The first kappa shape index (κ1) is 18.9. The third kappa shape index (κ3) is 5.53. The van der Waals surface area contributed by atoms with Crippen LogP contribution >= 0.6 is 0 Å². The summed E-state index contributed by atoms with van der Waals surface area (Å²) in [5.41, 5.74) is 6.26. The second-order valence-electron chi connectivity index (χ2n) is 6.71. The Morgan fingerprint density at radius 2 is 2.00 bits per heavy atom. The van der Waals surface area contributed by atoms with Crippen molar-refractivity contribution in [2.45, 2.75) is 64.8 Å². The number of nitrogens with zero attached hydrogens (tertiary/aromatic N) is 1. The molecule has 1 aliphatic carbocycles. The second-order valence-corrected chi connectivity index (χ2v) is 9.18. The van der Waals surface area contributed by atoms with Gasteiger partial charge in [0, 0.05) is 17.8 Å². The lowest BCUT2D eigenvalue weighted by atomic mass is 9.75. The molecule has 0 spiro atoms. The third-order valence-corrected chi connectivity index (χ3v) is 6.73. The molecule has 21 heavy (non-hydrogen) atoms. The maximum atomic E-state index is 11.7. The van der Waals surface area contributed by atoms with Crippen molar-refractivity contribution < 1.29 is 8.42 Å². The normalized spacial score (nSPS) is 27.2. The van der Waals surface area contributed by atoms with Crippen molar-refractivity contribution in [2.24, 2.45) is 11.7 Å². The van der Waals surface area contributed by atoms with Crippen LogP contribution in [0.25, 0.3) is 0 Å². The van der Waals surface area contributed by atoms with Gasteiger partial charge in [-0.1, -0.05) is 33.6 Å². The fraction of sp³-hybridized carbons (Fsp3) is 1.00. The van der Waals surface area contributed by atoms with E-state index in [4.69, 9.17) is 5.73 Å². The van der Waals surface area contributed by atoms with E-state index < -0.39 is 9.84 Å². The summed E-state index contributed by atoms with van der Waals surface area (Å²) in [4.78, 5) is 2.49. The minimum absolute atomic E-state index is 0.101. The van der Waals surface area contributed by atoms with Gasteiger partial charge in [-0.3, -0.25) is 4.90 Å². The number of nitrogens with two attached hydrogens (primary N) is 1. The lowest BCUT2D eigenvalue weighted by Gasteiger charge is -2.48. The van der Waals surface area contributed by atoms with E-state index in [1.165, 1.54) is 12.8 Å². The Bertz CT molecular complexity index is 397. The molecule has 2 unspecified atom stereocenters. The highest BCUT2D eigenvalue weighted by Crippen LogP contribution is 2.36. The zero-order chi connectivity index (χ0) is 15.9. The van der Waals surface area contributed by atoms with E-state index in [9.17, 15) is 8.42 Å². The van der Waals surface area contributed by atoms with Gasteiger partial charge in [-0.25, -0.2) is 8.42 Å². The van der Waals surface area contributed by atoms with Crippen LogP contribution in [0.1, 0.15) is 59.3 Å². The zero-order valence-electron chi connectivity index (χ0n) is 14.1. The van der Waals surface area contributed by atoms with Gasteiger partial charge in [-0.05, 0) is 44.7 Å². The number of hydrogen-bond acceptors (Lipinski definition) is 4. The van der Waals surface area contributed by atoms with Crippen LogP contribution in [0, 0.1) is 5.92 Å². The molecule has 0 aromatic carbocycles. The van der Waals surface area contributed by atoms with Gasteiger partial charge in [0.1, 0.15) is 9.84 Å². The van der Waals surface area contributed by atoms with Gasteiger partial charge in [0.25, 0.3) is 0 Å². The van der Waals surface area contributed by atoms with E-state index >= 15 is 0 Å². The molecule has 0 radical (unpaired) electrons. The van der Waals surface area contributed by atoms with E-state index in [2.05, 4.69) is 18.7 Å². The van der Waals surface area contributed by atoms with Gasteiger partial charge in [0.2, 0.25) is 0 Å². The van der Waals surface area contributed by atoms with Gasteiger partial charge in [0.05, 0.1) is 5.75 Å². The van der Waals surface area contributed by atoms with E-state index in [0.717, 1.165) is 44.7 Å². The molecule has 1 aliphatic rings. The van der Waals surface area contributed by atoms with Gasteiger partial charge in [-0.15, -0.1) is 0 Å². The monoisotopic (exact) mass is 318 g/mol. The predicted octanol–water partition coefficient (Wildman–Crippen LogP) is 2.43. The topological polar surface area (TPSA) is 63.4 Å². The summed E-state index contributed by atoms with van der Waals surface area (Å²) in [7, 11) is -2.86. The van der Waals surface area contributed by atoms with Crippen LogP contribution in [0.3, 0.4) is 0 Å². The average Bonchev–Trinajstić information content (AvgIpc) is 2.46. The van der Waals surface area contributed by atoms with Gasteiger partial charge in [-0.2, -0.15) is 0 Å². The summed E-state index contributed by atoms with van der Waals surface area (Å²) in [5.74, 6) is 1.28. The molecule has 5 heteroatoms. The Kier molecular flexibility index (Phi) is 7.65. The van der Waals surface area contributed by atoms with Crippen LogP contribution in [-0.4, -0.2) is 50.0 Å². The highest BCUT2D eigenvalue weighted by Gasteiger charge is 2.38. The predicted molar refractivity (Wildman–Crippen MR) is 90.2 cm³/mol. The maximum absolute atomic E-state index is 11.7. The van der Waals surface area contributed by atoms with E-state index in [1.54, 1.807) is 6.92 Å². The maximum Gasteiger partial charge on any atom is 0.150 e. The average molecular weight is 319 g/mol. The van der Waals surface area contributed by atoms with Crippen LogP contribution in [0.15, 0.2) is 0 Å². The summed E-state index contributed by atoms with van der Waals surface area (Å²) in [5, 5.41) is 0. The Morgan fingerprint density at radius 3 is 2.52 bits per heavy atom. The van der Waals surface area contributed by atoms with Crippen molar-refractivity contribution in [3.63, 3.8) is 0 Å². The Hall–Kier alpha value is -0.130. The van der Waals surface area contributed by atoms with Gasteiger partial charge >= 0.3 is 0 Å². The second kappa shape index (κ2) is 8.49. The molecule has 2 atom stereocenters. The fourth-order valence-electron chi connectivity index (χ4n) is 3.71. The standard InChI is InChI=1S/C16H34N2O2S/c1-4-10-18(11-7-12-21(19,20)5-2)16(14-17)9-6-8-15(3)13-16/h15H,4-14,17H2,1-3H3. The van der Waals surface area contributed by atoms with Crippen LogP contribution < -0.4 is 5.73 Å². The molecule has 126 valence electrons. The smallest absolute Gasteiger partial charge is 0.150 e. The summed E-state index contributed by atoms with van der Waals surface area (Å²) >= 11 is 0. The van der Waals surface area contributed by atoms with Crippen LogP contribution in [0.4, 0.5) is 0 Å². The Morgan fingerprint density at radius 1 is 1.29 bits per heavy atom. The third-order valence-electron chi connectivity index (χ3n) is 4.93. The van der Waals surface area contributed by atoms with E-state index in [-0.39, 0.29) is 11.3 Å². The molecule has 1 fully saturated rings. The SMILES string of the molecule is CCCN(CCCS(=O)(=O)CC)C1(CN)CCCC(C)C1. The zero-order valence-corrected chi connectivity index (χ0v) is 14.9. The highest BCUT2D eigenvalue weighted by molar-refractivity contribution is 7.91. The lowest BCUT2D eigenvalue weighted by molar-refractivity contribution is 0.0390. The number of sulfone groups is 1. The minimum Gasteiger partial charge on any atom is -0.329 e. The van der Waals surface area contributed by atoms with Crippen LogP contribution in [0.2, 0.25) is 0 Å². The van der Waals surface area contributed by atoms with Gasteiger partial charge in [0.15, 0.2) is 0 Å². The molecule has 4 nitrogen and oxygen atoms in total. The van der Waals surface area contributed by atoms with Crippen LogP contribution in [-0.2, 0) is 9.84 Å². The first-order chi connectivity index (χ1) is 9.89. The number of hydrogen-bond donors (Lipinski definition) is 1. The molecule has 0 aliphatic heterocycles. The molecule has 0 heterocycles. The first-order valence-electron chi connectivity index (χ1n) is 8.54. The fourth-order valence-corrected chi connectivity index (χ4v) is 4.57. The lowest BCUT2D eigenvalue weighted by Crippen LogP contribution is -2.56. The molecule has 0 bridgehead atoms. The Labute approximate surface area is 131 Å². The van der Waals surface area contributed by atoms with E-state index in [0.29, 0.717) is 12.3 Å². The summed E-state index contributed by atoms with van der Waals surface area (Å²) in [6.45, 7) is 8.80.